The highest BCUT2D eigenvalue weighted by Crippen LogP contribution is 2.42. The van der Waals surface area contributed by atoms with Crippen molar-refractivity contribution in [2.45, 2.75) is 0 Å². The molecule has 3 aromatic heterocycles. The molecule has 0 spiro atoms. The summed E-state index contributed by atoms with van der Waals surface area (Å²) in [7, 11) is 1.63. The van der Waals surface area contributed by atoms with Crippen LogP contribution in [0.25, 0.3) is 32.8 Å². The summed E-state index contributed by atoms with van der Waals surface area (Å²) in [5, 5.41) is 0.733. The highest BCUT2D eigenvalue weighted by atomic mass is 32.1. The van der Waals surface area contributed by atoms with Crippen LogP contribution in [0.15, 0.2) is 83.5 Å². The fourth-order valence-electron chi connectivity index (χ4n) is 3.55. The largest absolute Gasteiger partial charge is 0.497 e. The molecule has 2 aromatic carbocycles. The summed E-state index contributed by atoms with van der Waals surface area (Å²) in [4.78, 5) is 19.1. The van der Waals surface area contributed by atoms with Crippen molar-refractivity contribution in [2.24, 2.45) is 0 Å². The van der Waals surface area contributed by atoms with Crippen LogP contribution in [0.2, 0.25) is 0 Å². The van der Waals surface area contributed by atoms with E-state index >= 15 is 0 Å². The number of hydrogen-bond donors (Lipinski definition) is 1. The number of methoxy groups -OCH3 is 1. The van der Waals surface area contributed by atoms with E-state index in [9.17, 15) is 4.79 Å². The van der Waals surface area contributed by atoms with Crippen LogP contribution in [0.4, 0.5) is 5.69 Å². The molecule has 0 amide bonds. The van der Waals surface area contributed by atoms with Crippen molar-refractivity contribution in [3.8, 4) is 28.3 Å². The lowest BCUT2D eigenvalue weighted by Gasteiger charge is -2.07. The number of rotatable bonds is 5. The van der Waals surface area contributed by atoms with E-state index in [0.717, 1.165) is 28.0 Å². The van der Waals surface area contributed by atoms with Crippen molar-refractivity contribution < 1.29 is 13.9 Å². The van der Waals surface area contributed by atoms with Crippen LogP contribution in [0.3, 0.4) is 0 Å². The average molecular weight is 426 g/mol. The first kappa shape index (κ1) is 19.1. The van der Waals surface area contributed by atoms with Crippen molar-refractivity contribution in [3.63, 3.8) is 0 Å². The maximum atomic E-state index is 13.1. The third kappa shape index (κ3) is 3.37. The van der Waals surface area contributed by atoms with Gasteiger partial charge < -0.3 is 14.9 Å². The van der Waals surface area contributed by atoms with E-state index in [1.807, 2.05) is 60.7 Å². The molecule has 0 fully saturated rings. The molecule has 0 saturated carbocycles. The summed E-state index contributed by atoms with van der Waals surface area (Å²) < 4.78 is 10.9. The molecular formula is C25H18N2O3S. The number of aromatic nitrogens is 1. The van der Waals surface area contributed by atoms with Crippen molar-refractivity contribution in [3.05, 3.63) is 89.5 Å². The van der Waals surface area contributed by atoms with E-state index in [0.29, 0.717) is 26.7 Å². The van der Waals surface area contributed by atoms with E-state index in [1.165, 1.54) is 11.3 Å². The zero-order valence-electron chi connectivity index (χ0n) is 16.7. The minimum atomic E-state index is -0.113. The van der Waals surface area contributed by atoms with E-state index in [-0.39, 0.29) is 5.78 Å². The minimum absolute atomic E-state index is 0.113. The third-order valence-electron chi connectivity index (χ3n) is 5.11. The molecule has 0 unspecified atom stereocenters. The fourth-order valence-corrected chi connectivity index (χ4v) is 4.63. The fraction of sp³-hybridized carbons (Fsp3) is 0.0400. The highest BCUT2D eigenvalue weighted by molar-refractivity contribution is 7.21. The molecule has 0 radical (unpaired) electrons. The summed E-state index contributed by atoms with van der Waals surface area (Å²) in [5.41, 5.74) is 10.0. The van der Waals surface area contributed by atoms with E-state index in [1.54, 1.807) is 25.5 Å². The number of pyridine rings is 1. The van der Waals surface area contributed by atoms with Crippen molar-refractivity contribution in [1.82, 2.24) is 4.98 Å². The maximum Gasteiger partial charge on any atom is 0.205 e. The molecule has 3 heterocycles. The second-order valence-electron chi connectivity index (χ2n) is 6.98. The molecule has 0 aliphatic heterocycles. The summed E-state index contributed by atoms with van der Waals surface area (Å²) in [5.74, 6) is 1.33. The predicted molar refractivity (Wildman–Crippen MR) is 124 cm³/mol. The molecule has 5 nitrogen and oxygen atoms in total. The Morgan fingerprint density at radius 3 is 2.48 bits per heavy atom. The number of fused-ring (bicyclic) bond motifs is 1. The van der Waals surface area contributed by atoms with Crippen LogP contribution in [-0.4, -0.2) is 17.9 Å². The Labute approximate surface area is 182 Å². The van der Waals surface area contributed by atoms with Gasteiger partial charge in [0.25, 0.3) is 0 Å². The van der Waals surface area contributed by atoms with Gasteiger partial charge in [-0.25, -0.2) is 4.98 Å². The number of nitrogens with zero attached hydrogens (tertiary/aromatic N) is 1. The molecule has 0 atom stereocenters. The molecule has 31 heavy (non-hydrogen) atoms. The SMILES string of the molecule is COc1ccc(-c2cc(-c3ccco3)c3c(N)c(C(=O)c4ccccc4)sc3n2)cc1. The minimum Gasteiger partial charge on any atom is -0.497 e. The first-order valence-corrected chi connectivity index (χ1v) is 10.5. The van der Waals surface area contributed by atoms with Gasteiger partial charge in [0.2, 0.25) is 5.78 Å². The zero-order valence-corrected chi connectivity index (χ0v) is 17.5. The van der Waals surface area contributed by atoms with Gasteiger partial charge in [-0.3, -0.25) is 4.79 Å². The Kier molecular flexibility index (Phi) is 4.76. The number of benzene rings is 2. The first-order chi connectivity index (χ1) is 15.2. The van der Waals surface area contributed by atoms with Gasteiger partial charge in [0.1, 0.15) is 21.2 Å². The number of furan rings is 1. The average Bonchev–Trinajstić information content (AvgIpc) is 3.47. The molecule has 0 saturated heterocycles. The smallest absolute Gasteiger partial charge is 0.205 e. The highest BCUT2D eigenvalue weighted by Gasteiger charge is 2.23. The molecule has 5 aromatic rings. The second-order valence-corrected chi connectivity index (χ2v) is 7.98. The molecule has 2 N–H and O–H groups in total. The number of nitrogens with two attached hydrogens (primary N) is 1. The number of carbonyl (C=O) groups excluding carboxylic acids is 1. The number of ketones is 1. The molecule has 6 heteroatoms. The normalized spacial score (nSPS) is 11.0. The Bertz CT molecular complexity index is 1370. The molecule has 0 bridgehead atoms. The van der Waals surface area contributed by atoms with Crippen LogP contribution < -0.4 is 10.5 Å². The quantitative estimate of drug-likeness (QED) is 0.346. The van der Waals surface area contributed by atoms with Gasteiger partial charge >= 0.3 is 0 Å². The number of carbonyl (C=O) groups is 1. The Hall–Kier alpha value is -3.90. The van der Waals surface area contributed by atoms with Gasteiger partial charge in [0.15, 0.2) is 0 Å². The van der Waals surface area contributed by atoms with Crippen molar-refractivity contribution in [1.29, 1.82) is 0 Å². The lowest BCUT2D eigenvalue weighted by Crippen LogP contribution is -2.01. The van der Waals surface area contributed by atoms with Gasteiger partial charge in [-0.15, -0.1) is 11.3 Å². The van der Waals surface area contributed by atoms with Crippen LogP contribution in [0.1, 0.15) is 15.2 Å². The van der Waals surface area contributed by atoms with Gasteiger partial charge in [-0.2, -0.15) is 0 Å². The van der Waals surface area contributed by atoms with Crippen LogP contribution in [0.5, 0.6) is 5.75 Å². The van der Waals surface area contributed by atoms with Gasteiger partial charge in [0, 0.05) is 22.1 Å². The monoisotopic (exact) mass is 426 g/mol. The molecule has 0 aliphatic carbocycles. The second kappa shape index (κ2) is 7.74. The van der Waals surface area contributed by atoms with Crippen LogP contribution in [0, 0.1) is 0 Å². The van der Waals surface area contributed by atoms with Crippen LogP contribution in [-0.2, 0) is 0 Å². The van der Waals surface area contributed by atoms with E-state index in [2.05, 4.69) is 0 Å². The number of ether oxygens (including phenoxy) is 1. The zero-order chi connectivity index (χ0) is 21.4. The van der Waals surface area contributed by atoms with E-state index in [4.69, 9.17) is 19.9 Å². The molecule has 152 valence electrons. The summed E-state index contributed by atoms with van der Waals surface area (Å²) in [6.45, 7) is 0. The Morgan fingerprint density at radius 2 is 1.81 bits per heavy atom. The van der Waals surface area contributed by atoms with Crippen molar-refractivity contribution >= 4 is 33.0 Å². The third-order valence-corrected chi connectivity index (χ3v) is 6.21. The Morgan fingerprint density at radius 1 is 1.03 bits per heavy atom. The number of anilines is 1. The standard InChI is InChI=1S/C25H18N2O3S/c1-29-17-11-9-15(10-12-17)19-14-18(20-8-5-13-30-20)21-22(26)24(31-25(21)27-19)23(28)16-6-3-2-4-7-16/h2-14H,26H2,1H3. The number of thiophene rings is 1. The van der Waals surface area contributed by atoms with Gasteiger partial charge in [-0.1, -0.05) is 30.3 Å². The lowest BCUT2D eigenvalue weighted by atomic mass is 10.0. The topological polar surface area (TPSA) is 78.4 Å². The Balaban J connectivity index is 1.72. The molecule has 0 aliphatic rings. The van der Waals surface area contributed by atoms with E-state index < -0.39 is 0 Å². The number of nitrogen functional groups attached to an aromatic ring is 1. The first-order valence-electron chi connectivity index (χ1n) is 9.67. The molecular weight excluding hydrogens is 408 g/mol. The van der Waals surface area contributed by atoms with Gasteiger partial charge in [-0.05, 0) is 42.5 Å². The van der Waals surface area contributed by atoms with Crippen molar-refractivity contribution in [2.75, 3.05) is 12.8 Å². The summed E-state index contributed by atoms with van der Waals surface area (Å²) >= 11 is 1.30. The molecule has 5 rings (SSSR count). The summed E-state index contributed by atoms with van der Waals surface area (Å²) in [6.07, 6.45) is 1.62. The van der Waals surface area contributed by atoms with Crippen LogP contribution >= 0.6 is 11.3 Å². The summed E-state index contributed by atoms with van der Waals surface area (Å²) in [6, 6.07) is 22.5. The maximum absolute atomic E-state index is 13.1. The number of hydrogen-bond acceptors (Lipinski definition) is 6. The van der Waals surface area contributed by atoms with Gasteiger partial charge in [0.05, 0.1) is 24.8 Å². The predicted octanol–water partition coefficient (Wildman–Crippen LogP) is 6.05. The lowest BCUT2D eigenvalue weighted by molar-refractivity contribution is 0.104.